The molecule has 1 atom stereocenters. The molecule has 4 rings (SSSR count). The molecule has 4 aromatic rings. The van der Waals surface area contributed by atoms with Crippen LogP contribution >= 0.6 is 11.6 Å². The minimum atomic E-state index is -0.474. The summed E-state index contributed by atoms with van der Waals surface area (Å²) in [6.45, 7) is 2.02. The van der Waals surface area contributed by atoms with Crippen molar-refractivity contribution in [1.29, 1.82) is 5.26 Å². The van der Waals surface area contributed by atoms with Crippen molar-refractivity contribution in [3.63, 3.8) is 0 Å². The van der Waals surface area contributed by atoms with Gasteiger partial charge in [0, 0.05) is 24.2 Å². The molecule has 0 spiro atoms. The highest BCUT2D eigenvalue weighted by molar-refractivity contribution is 6.36. The van der Waals surface area contributed by atoms with Crippen LogP contribution < -0.4 is 21.2 Å². The number of aromatic amines is 1. The lowest BCUT2D eigenvalue weighted by Crippen LogP contribution is -2.26. The number of H-pyrrole nitrogens is 1. The highest BCUT2D eigenvalue weighted by atomic mass is 35.5. The minimum absolute atomic E-state index is 0.245. The van der Waals surface area contributed by atoms with Gasteiger partial charge in [0.2, 0.25) is 0 Å². The number of pyridine rings is 3. The number of fused-ring (bicyclic) bond motifs is 1. The number of aromatic nitrogens is 3. The van der Waals surface area contributed by atoms with Crippen LogP contribution in [0.5, 0.6) is 5.75 Å². The summed E-state index contributed by atoms with van der Waals surface area (Å²) in [6, 6.07) is 15.4. The summed E-state index contributed by atoms with van der Waals surface area (Å²) < 4.78 is 7.04. The molecule has 8 nitrogen and oxygen atoms in total. The molecule has 166 valence electrons. The van der Waals surface area contributed by atoms with Crippen molar-refractivity contribution in [2.45, 2.75) is 19.6 Å². The average Bonchev–Trinajstić information content (AvgIpc) is 2.82. The predicted molar refractivity (Wildman–Crippen MR) is 127 cm³/mol. The maximum absolute atomic E-state index is 12.8. The molecule has 9 heteroatoms. The molecular formula is C24H20ClN5O3. The van der Waals surface area contributed by atoms with E-state index in [0.717, 1.165) is 11.1 Å². The van der Waals surface area contributed by atoms with Crippen LogP contribution in [0.15, 0.2) is 64.3 Å². The van der Waals surface area contributed by atoms with E-state index in [2.05, 4.69) is 15.3 Å². The fraction of sp³-hybridized carbons (Fsp3) is 0.167. The first-order chi connectivity index (χ1) is 15.9. The van der Waals surface area contributed by atoms with E-state index in [9.17, 15) is 9.59 Å². The van der Waals surface area contributed by atoms with Crippen molar-refractivity contribution in [2.24, 2.45) is 7.05 Å². The second-order valence-corrected chi connectivity index (χ2v) is 7.86. The molecule has 1 aromatic carbocycles. The number of halogens is 1. The first kappa shape index (κ1) is 22.1. The van der Waals surface area contributed by atoms with Gasteiger partial charge in [-0.05, 0) is 49.4 Å². The largest absolute Gasteiger partial charge is 0.486 e. The van der Waals surface area contributed by atoms with Gasteiger partial charge < -0.3 is 19.6 Å². The van der Waals surface area contributed by atoms with Crippen LogP contribution in [0.1, 0.15) is 29.9 Å². The molecule has 0 unspecified atom stereocenters. The van der Waals surface area contributed by atoms with E-state index < -0.39 is 6.04 Å². The Bertz CT molecular complexity index is 1490. The number of rotatable bonds is 6. The van der Waals surface area contributed by atoms with E-state index in [1.807, 2.05) is 30.3 Å². The van der Waals surface area contributed by atoms with Gasteiger partial charge in [0.15, 0.2) is 0 Å². The summed E-state index contributed by atoms with van der Waals surface area (Å²) in [6.07, 6.45) is 1.68. The summed E-state index contributed by atoms with van der Waals surface area (Å²) >= 11 is 6.51. The third-order valence-electron chi connectivity index (χ3n) is 5.31. The summed E-state index contributed by atoms with van der Waals surface area (Å²) in [4.78, 5) is 32.4. The van der Waals surface area contributed by atoms with Crippen LogP contribution in [-0.4, -0.2) is 14.5 Å². The molecule has 0 aliphatic heterocycles. The summed E-state index contributed by atoms with van der Waals surface area (Å²) in [5, 5.41) is 13.2. The molecule has 0 aliphatic rings. The number of nitriles is 1. The van der Waals surface area contributed by atoms with Gasteiger partial charge in [-0.25, -0.2) is 0 Å². The fourth-order valence-electron chi connectivity index (χ4n) is 3.47. The minimum Gasteiger partial charge on any atom is -0.486 e. The average molecular weight is 462 g/mol. The van der Waals surface area contributed by atoms with Gasteiger partial charge in [-0.15, -0.1) is 0 Å². The van der Waals surface area contributed by atoms with Crippen molar-refractivity contribution in [2.75, 3.05) is 5.32 Å². The van der Waals surface area contributed by atoms with Crippen LogP contribution in [0.3, 0.4) is 0 Å². The van der Waals surface area contributed by atoms with Gasteiger partial charge in [-0.3, -0.25) is 14.6 Å². The maximum atomic E-state index is 12.8. The lowest BCUT2D eigenvalue weighted by atomic mass is 10.1. The Balaban J connectivity index is 1.61. The molecule has 3 aromatic heterocycles. The number of anilines is 1. The number of benzene rings is 1. The van der Waals surface area contributed by atoms with Crippen molar-refractivity contribution >= 4 is 28.2 Å². The molecule has 0 amide bonds. The Morgan fingerprint density at radius 3 is 2.79 bits per heavy atom. The molecule has 0 fully saturated rings. The van der Waals surface area contributed by atoms with Crippen molar-refractivity contribution in [1.82, 2.24) is 14.5 Å². The normalized spacial score (nSPS) is 11.7. The predicted octanol–water partition coefficient (Wildman–Crippen LogP) is 3.90. The molecule has 0 saturated carbocycles. The zero-order valence-electron chi connectivity index (χ0n) is 17.9. The van der Waals surface area contributed by atoms with Gasteiger partial charge >= 0.3 is 0 Å². The SMILES string of the molecule is C[C@@H](Nc1ccc(C#N)n(C)c1=O)c1cc2ccc(OCc3ccccn3)c(Cl)c2[nH]c1=O. The number of hydrogen-bond donors (Lipinski definition) is 2. The van der Waals surface area contributed by atoms with Crippen LogP contribution in [0, 0.1) is 11.3 Å². The highest BCUT2D eigenvalue weighted by Crippen LogP contribution is 2.32. The summed E-state index contributed by atoms with van der Waals surface area (Å²) in [7, 11) is 1.52. The second kappa shape index (κ2) is 9.18. The Labute approximate surface area is 194 Å². The van der Waals surface area contributed by atoms with Crippen molar-refractivity contribution in [3.8, 4) is 11.8 Å². The van der Waals surface area contributed by atoms with Crippen molar-refractivity contribution < 1.29 is 4.74 Å². The lowest BCUT2D eigenvalue weighted by Gasteiger charge is -2.16. The third-order valence-corrected chi connectivity index (χ3v) is 5.68. The van der Waals surface area contributed by atoms with Crippen LogP contribution in [-0.2, 0) is 13.7 Å². The quantitative estimate of drug-likeness (QED) is 0.450. The molecule has 3 heterocycles. The zero-order valence-corrected chi connectivity index (χ0v) is 18.7. The second-order valence-electron chi connectivity index (χ2n) is 7.48. The van der Waals surface area contributed by atoms with Gasteiger partial charge in [0.1, 0.15) is 34.8 Å². The van der Waals surface area contributed by atoms with Crippen LogP contribution in [0.25, 0.3) is 10.9 Å². The third kappa shape index (κ3) is 4.45. The molecule has 0 saturated heterocycles. The Kier molecular flexibility index (Phi) is 6.16. The van der Waals surface area contributed by atoms with E-state index in [1.54, 1.807) is 31.3 Å². The summed E-state index contributed by atoms with van der Waals surface area (Å²) in [5.74, 6) is 0.436. The lowest BCUT2D eigenvalue weighted by molar-refractivity contribution is 0.302. The number of hydrogen-bond acceptors (Lipinski definition) is 6. The van der Waals surface area contributed by atoms with Gasteiger partial charge in [-0.1, -0.05) is 17.7 Å². The van der Waals surface area contributed by atoms with E-state index in [1.165, 1.54) is 17.7 Å². The molecule has 0 bridgehead atoms. The van der Waals surface area contributed by atoms with Crippen LogP contribution in [0.4, 0.5) is 5.69 Å². The zero-order chi connectivity index (χ0) is 23.5. The number of ether oxygens (including phenoxy) is 1. The topological polar surface area (TPSA) is 113 Å². The smallest absolute Gasteiger partial charge is 0.274 e. The van der Waals surface area contributed by atoms with Crippen LogP contribution in [0.2, 0.25) is 5.02 Å². The Hall–Kier alpha value is -4.09. The Morgan fingerprint density at radius 2 is 2.06 bits per heavy atom. The molecule has 0 aliphatic carbocycles. The van der Waals surface area contributed by atoms with E-state index in [4.69, 9.17) is 21.6 Å². The molecule has 33 heavy (non-hydrogen) atoms. The first-order valence-corrected chi connectivity index (χ1v) is 10.5. The molecular weight excluding hydrogens is 442 g/mol. The van der Waals surface area contributed by atoms with Crippen molar-refractivity contribution in [3.05, 3.63) is 97.4 Å². The number of nitrogens with zero attached hydrogens (tertiary/aromatic N) is 3. The van der Waals surface area contributed by atoms with Gasteiger partial charge in [0.05, 0.1) is 17.3 Å². The highest BCUT2D eigenvalue weighted by Gasteiger charge is 2.16. The van der Waals surface area contributed by atoms with E-state index in [-0.39, 0.29) is 23.4 Å². The monoisotopic (exact) mass is 461 g/mol. The molecule has 2 N–H and O–H groups in total. The standard InChI is InChI=1S/C24H20ClN5O3/c1-14(28-19-8-7-17(12-26)30(2)24(19)32)18-11-15-6-9-20(21(25)22(15)29-23(18)31)33-13-16-5-3-4-10-27-16/h3-11,14,28H,13H2,1-2H3,(H,29,31)/t14-/m1/s1. The first-order valence-electron chi connectivity index (χ1n) is 10.1. The van der Waals surface area contributed by atoms with E-state index >= 15 is 0 Å². The van der Waals surface area contributed by atoms with Gasteiger partial charge in [-0.2, -0.15) is 5.26 Å². The molecule has 0 radical (unpaired) electrons. The summed E-state index contributed by atoms with van der Waals surface area (Å²) in [5.41, 5.74) is 1.51. The Morgan fingerprint density at radius 1 is 1.24 bits per heavy atom. The maximum Gasteiger partial charge on any atom is 0.274 e. The fourth-order valence-corrected chi connectivity index (χ4v) is 3.75. The van der Waals surface area contributed by atoms with Gasteiger partial charge in [0.25, 0.3) is 11.1 Å². The number of nitrogens with one attached hydrogen (secondary N) is 2. The van der Waals surface area contributed by atoms with E-state index in [0.29, 0.717) is 27.5 Å².